The van der Waals surface area contributed by atoms with Crippen LogP contribution in [0.15, 0.2) is 50.6 Å². The minimum absolute atomic E-state index is 0.0460. The number of ether oxygens (including phenoxy) is 1. The number of hydrogen-bond donors (Lipinski definition) is 2. The number of pyridine rings is 1. The molecule has 3 aliphatic rings. The summed E-state index contributed by atoms with van der Waals surface area (Å²) in [4.78, 5) is 46.8. The van der Waals surface area contributed by atoms with E-state index in [-0.39, 0.29) is 26.5 Å². The number of amides is 1. The molecule has 3 fully saturated rings. The van der Waals surface area contributed by atoms with E-state index < -0.39 is 29.0 Å². The summed E-state index contributed by atoms with van der Waals surface area (Å²) in [5.41, 5.74) is -1.15. The molecule has 2 bridgehead atoms. The summed E-state index contributed by atoms with van der Waals surface area (Å²) >= 11 is 3.10. The summed E-state index contributed by atoms with van der Waals surface area (Å²) in [6.45, 7) is 1.74. The lowest BCUT2D eigenvalue weighted by molar-refractivity contribution is -0.117. The molecule has 2 aromatic heterocycles. The van der Waals surface area contributed by atoms with E-state index in [1.54, 1.807) is 31.3 Å². The van der Waals surface area contributed by atoms with Gasteiger partial charge < -0.3 is 15.0 Å². The minimum Gasteiger partial charge on any atom is -0.495 e. The fraction of sp³-hybridized carbons (Fsp3) is 0.333. The smallest absolute Gasteiger partial charge is 0.333 e. The zero-order chi connectivity index (χ0) is 24.2. The third-order valence-corrected chi connectivity index (χ3v) is 7.51. The minimum atomic E-state index is -0.777. The van der Waals surface area contributed by atoms with E-state index in [2.05, 4.69) is 31.2 Å². The maximum Gasteiger partial charge on any atom is 0.333 e. The number of allylic oxidation sites excluding steroid dienone is 1. The lowest BCUT2D eigenvalue weighted by Crippen LogP contribution is -2.51. The summed E-state index contributed by atoms with van der Waals surface area (Å²) in [5.74, 6) is -0.134. The van der Waals surface area contributed by atoms with Crippen LogP contribution >= 0.6 is 15.9 Å². The second-order valence-electron chi connectivity index (χ2n) is 9.01. The van der Waals surface area contributed by atoms with E-state index in [9.17, 15) is 18.8 Å². The number of carbonyl (C=O) groups is 1. The SMILES string of the molecule is COc1cccnc1C(C)NC(=O)C(=CC12CC(C1)C2)n1c(=O)[nH]c2ccc(F)c(Br)c2c1=O. The Kier molecular flexibility index (Phi) is 5.43. The Morgan fingerprint density at radius 1 is 1.35 bits per heavy atom. The highest BCUT2D eigenvalue weighted by atomic mass is 79.9. The third-order valence-electron chi connectivity index (χ3n) is 6.74. The Bertz CT molecular complexity index is 1460. The van der Waals surface area contributed by atoms with E-state index in [0.717, 1.165) is 29.9 Å². The molecule has 2 N–H and O–H groups in total. The molecule has 176 valence electrons. The van der Waals surface area contributed by atoms with Crippen LogP contribution in [0.1, 0.15) is 37.9 Å². The Balaban J connectivity index is 1.61. The van der Waals surface area contributed by atoms with Gasteiger partial charge in [-0.2, -0.15) is 0 Å². The maximum atomic E-state index is 14.2. The highest BCUT2D eigenvalue weighted by molar-refractivity contribution is 9.10. The number of nitrogens with zero attached hydrogens (tertiary/aromatic N) is 2. The normalized spacial score (nSPS) is 22.0. The predicted octanol–water partition coefficient (Wildman–Crippen LogP) is 3.51. The van der Waals surface area contributed by atoms with Crippen molar-refractivity contribution >= 4 is 38.4 Å². The lowest BCUT2D eigenvalue weighted by atomic mass is 9.44. The number of fused-ring (bicyclic) bond motifs is 1. The molecular formula is C24H22BrFN4O4. The van der Waals surface area contributed by atoms with Crippen molar-refractivity contribution in [1.29, 1.82) is 0 Å². The number of methoxy groups -OCH3 is 1. The van der Waals surface area contributed by atoms with Gasteiger partial charge in [0, 0.05) is 6.20 Å². The van der Waals surface area contributed by atoms with E-state index in [0.29, 0.717) is 17.4 Å². The molecule has 1 atom stereocenters. The molecule has 3 saturated carbocycles. The molecule has 0 aliphatic heterocycles. The van der Waals surface area contributed by atoms with Crippen LogP contribution in [-0.4, -0.2) is 27.6 Å². The summed E-state index contributed by atoms with van der Waals surface area (Å²) in [7, 11) is 1.51. The van der Waals surface area contributed by atoms with Gasteiger partial charge in [0.2, 0.25) is 0 Å². The van der Waals surface area contributed by atoms with Gasteiger partial charge in [-0.15, -0.1) is 0 Å². The predicted molar refractivity (Wildman–Crippen MR) is 128 cm³/mol. The van der Waals surface area contributed by atoms with Crippen LogP contribution in [0, 0.1) is 17.2 Å². The lowest BCUT2D eigenvalue weighted by Gasteiger charge is -2.60. The van der Waals surface area contributed by atoms with Crippen molar-refractivity contribution in [2.45, 2.75) is 32.2 Å². The van der Waals surface area contributed by atoms with Gasteiger partial charge in [0.1, 0.15) is 23.0 Å². The number of benzene rings is 1. The van der Waals surface area contributed by atoms with Crippen LogP contribution < -0.4 is 21.3 Å². The number of halogens is 2. The number of rotatable bonds is 6. The van der Waals surface area contributed by atoms with Crippen LogP contribution in [0.3, 0.4) is 0 Å². The molecule has 1 unspecified atom stereocenters. The number of aromatic nitrogens is 3. The second-order valence-corrected chi connectivity index (χ2v) is 9.80. The van der Waals surface area contributed by atoms with Gasteiger partial charge >= 0.3 is 5.69 Å². The molecule has 3 aromatic rings. The van der Waals surface area contributed by atoms with Gasteiger partial charge in [-0.1, -0.05) is 0 Å². The van der Waals surface area contributed by atoms with Gasteiger partial charge in [0.25, 0.3) is 11.5 Å². The molecule has 3 aliphatic carbocycles. The summed E-state index contributed by atoms with van der Waals surface area (Å²) in [6, 6.07) is 5.35. The maximum absolute atomic E-state index is 14.2. The van der Waals surface area contributed by atoms with Crippen molar-refractivity contribution in [3.63, 3.8) is 0 Å². The van der Waals surface area contributed by atoms with Crippen molar-refractivity contribution in [3.05, 3.63) is 73.4 Å². The van der Waals surface area contributed by atoms with Gasteiger partial charge in [-0.3, -0.25) is 14.6 Å². The van der Waals surface area contributed by atoms with E-state index >= 15 is 0 Å². The number of nitrogens with one attached hydrogen (secondary N) is 2. The topological polar surface area (TPSA) is 106 Å². The number of carbonyl (C=O) groups excluding carboxylic acids is 1. The molecule has 1 aromatic carbocycles. The molecule has 10 heteroatoms. The largest absolute Gasteiger partial charge is 0.495 e. The molecule has 1 amide bonds. The number of aromatic amines is 1. The van der Waals surface area contributed by atoms with Crippen molar-refractivity contribution in [2.24, 2.45) is 11.3 Å². The van der Waals surface area contributed by atoms with E-state index in [4.69, 9.17) is 4.74 Å². The first kappa shape index (κ1) is 22.5. The second kappa shape index (κ2) is 8.19. The van der Waals surface area contributed by atoms with E-state index in [1.165, 1.54) is 13.2 Å². The fourth-order valence-electron chi connectivity index (χ4n) is 4.94. The standard InChI is InChI=1S/C24H22BrFN4O4/c1-12(20-17(34-2)4-3-7-27-20)28-21(31)16(11-24-8-13(9-24)10-24)30-22(32)18-15(29-23(30)33)6-5-14(26)19(18)25/h3-7,11-13H,8-10H2,1-2H3,(H,28,31)(H,29,33). The van der Waals surface area contributed by atoms with Crippen molar-refractivity contribution in [1.82, 2.24) is 19.9 Å². The Labute approximate surface area is 202 Å². The Morgan fingerprint density at radius 2 is 2.09 bits per heavy atom. The Morgan fingerprint density at radius 3 is 2.74 bits per heavy atom. The summed E-state index contributed by atoms with van der Waals surface area (Å²) < 4.78 is 20.3. The van der Waals surface area contributed by atoms with Crippen LogP contribution in [-0.2, 0) is 4.79 Å². The van der Waals surface area contributed by atoms with E-state index in [1.807, 2.05) is 0 Å². The zero-order valence-corrected chi connectivity index (χ0v) is 20.1. The first-order chi connectivity index (χ1) is 16.2. The molecule has 8 nitrogen and oxygen atoms in total. The van der Waals surface area contributed by atoms with Gasteiger partial charge in [-0.05, 0) is 83.8 Å². The van der Waals surface area contributed by atoms with Crippen molar-refractivity contribution in [3.8, 4) is 5.75 Å². The monoisotopic (exact) mass is 528 g/mol. The third kappa shape index (κ3) is 3.56. The first-order valence-electron chi connectivity index (χ1n) is 10.9. The average molecular weight is 529 g/mol. The van der Waals surface area contributed by atoms with Crippen LogP contribution in [0.5, 0.6) is 5.75 Å². The van der Waals surface area contributed by atoms with Gasteiger partial charge in [0.15, 0.2) is 0 Å². The summed E-state index contributed by atoms with van der Waals surface area (Å²) in [6.07, 6.45) is 6.04. The van der Waals surface area contributed by atoms with Crippen molar-refractivity contribution < 1.29 is 13.9 Å². The highest BCUT2D eigenvalue weighted by Crippen LogP contribution is 2.65. The van der Waals surface area contributed by atoms with Crippen LogP contribution in [0.4, 0.5) is 4.39 Å². The quantitative estimate of drug-likeness (QED) is 0.476. The summed E-state index contributed by atoms with van der Waals surface area (Å²) in [5, 5.41) is 2.79. The average Bonchev–Trinajstić information content (AvgIpc) is 2.75. The molecule has 6 rings (SSSR count). The number of H-pyrrole nitrogens is 1. The highest BCUT2D eigenvalue weighted by Gasteiger charge is 2.55. The molecule has 34 heavy (non-hydrogen) atoms. The van der Waals surface area contributed by atoms with Crippen LogP contribution in [0.25, 0.3) is 16.6 Å². The zero-order valence-electron chi connectivity index (χ0n) is 18.5. The van der Waals surface area contributed by atoms with Gasteiger partial charge in [-0.25, -0.2) is 13.8 Å². The molecular weight excluding hydrogens is 507 g/mol. The fourth-order valence-corrected chi connectivity index (χ4v) is 5.46. The molecule has 0 saturated heterocycles. The molecule has 0 radical (unpaired) electrons. The first-order valence-corrected chi connectivity index (χ1v) is 11.7. The molecule has 2 heterocycles. The Hall–Kier alpha value is -3.27. The van der Waals surface area contributed by atoms with Crippen molar-refractivity contribution in [2.75, 3.05) is 7.11 Å². The van der Waals surface area contributed by atoms with Crippen LogP contribution in [0.2, 0.25) is 0 Å². The van der Waals surface area contributed by atoms with Gasteiger partial charge in [0.05, 0.1) is 28.5 Å². The molecule has 0 spiro atoms. The number of hydrogen-bond acceptors (Lipinski definition) is 5.